The van der Waals surface area contributed by atoms with Crippen LogP contribution in [-0.4, -0.2) is 9.97 Å². The lowest BCUT2D eigenvalue weighted by atomic mass is 10.4. The average molecular weight is 150 g/mol. The van der Waals surface area contributed by atoms with E-state index in [1.807, 2.05) is 0 Å². The van der Waals surface area contributed by atoms with E-state index in [0.717, 1.165) is 0 Å². The van der Waals surface area contributed by atoms with Crippen molar-refractivity contribution in [2.75, 3.05) is 0 Å². The zero-order valence-corrected chi connectivity index (χ0v) is 5.92. The summed E-state index contributed by atoms with van der Waals surface area (Å²) in [6, 6.07) is 1.60. The highest BCUT2D eigenvalue weighted by atomic mass is 16.3. The number of nitrogens with zero attached hydrogens (tertiary/aromatic N) is 1. The van der Waals surface area contributed by atoms with Crippen molar-refractivity contribution in [1.29, 1.82) is 0 Å². The van der Waals surface area contributed by atoms with Crippen molar-refractivity contribution < 1.29 is 4.42 Å². The van der Waals surface area contributed by atoms with Crippen LogP contribution >= 0.6 is 0 Å². The third-order valence-corrected chi connectivity index (χ3v) is 1.45. The number of H-pyrrole nitrogens is 1. The van der Waals surface area contributed by atoms with Crippen LogP contribution < -0.4 is 5.56 Å². The molecule has 0 aliphatic rings. The molecule has 2 rings (SSSR count). The van der Waals surface area contributed by atoms with E-state index < -0.39 is 0 Å². The quantitative estimate of drug-likeness (QED) is 0.604. The summed E-state index contributed by atoms with van der Waals surface area (Å²) in [6.07, 6.45) is 1.45. The molecule has 0 saturated carbocycles. The van der Waals surface area contributed by atoms with Gasteiger partial charge in [-0.15, -0.1) is 0 Å². The highest BCUT2D eigenvalue weighted by Crippen LogP contribution is 2.05. The lowest BCUT2D eigenvalue weighted by Crippen LogP contribution is -2.07. The molecule has 0 aliphatic carbocycles. The summed E-state index contributed by atoms with van der Waals surface area (Å²) in [7, 11) is 0. The number of nitrogens with one attached hydrogen (secondary N) is 1. The number of fused-ring (bicyclic) bond motifs is 1. The van der Waals surface area contributed by atoms with E-state index >= 15 is 0 Å². The van der Waals surface area contributed by atoms with Crippen molar-refractivity contribution in [1.82, 2.24) is 9.97 Å². The summed E-state index contributed by atoms with van der Waals surface area (Å²) in [5.74, 6) is 0.567. The van der Waals surface area contributed by atoms with E-state index in [1.54, 1.807) is 13.0 Å². The number of hydrogen-bond donors (Lipinski definition) is 1. The zero-order chi connectivity index (χ0) is 7.84. The second-order valence-corrected chi connectivity index (χ2v) is 2.29. The van der Waals surface area contributed by atoms with Crippen molar-refractivity contribution in [3.63, 3.8) is 0 Å². The summed E-state index contributed by atoms with van der Waals surface area (Å²) in [6.45, 7) is 1.71. The molecule has 2 heterocycles. The third-order valence-electron chi connectivity index (χ3n) is 1.45. The Kier molecular flexibility index (Phi) is 1.09. The molecular weight excluding hydrogens is 144 g/mol. The van der Waals surface area contributed by atoms with Gasteiger partial charge in [0.1, 0.15) is 11.2 Å². The van der Waals surface area contributed by atoms with Crippen LogP contribution in [0.1, 0.15) is 5.82 Å². The molecule has 2 aromatic heterocycles. The first kappa shape index (κ1) is 6.15. The molecule has 0 aromatic carbocycles. The van der Waals surface area contributed by atoms with Gasteiger partial charge in [0.25, 0.3) is 5.56 Å². The fraction of sp³-hybridized carbons (Fsp3) is 0.143. The molecule has 0 spiro atoms. The van der Waals surface area contributed by atoms with Gasteiger partial charge in [-0.25, -0.2) is 0 Å². The van der Waals surface area contributed by atoms with Gasteiger partial charge >= 0.3 is 0 Å². The van der Waals surface area contributed by atoms with Crippen molar-refractivity contribution in [2.24, 2.45) is 0 Å². The van der Waals surface area contributed by atoms with Crippen LogP contribution in [0, 0.1) is 6.92 Å². The predicted molar refractivity (Wildman–Crippen MR) is 39.4 cm³/mol. The molecule has 0 bridgehead atoms. The smallest absolute Gasteiger partial charge is 0.262 e. The van der Waals surface area contributed by atoms with E-state index in [2.05, 4.69) is 9.97 Å². The Morgan fingerprint density at radius 1 is 1.64 bits per heavy atom. The van der Waals surface area contributed by atoms with Crippen LogP contribution in [0.2, 0.25) is 0 Å². The number of rotatable bonds is 0. The lowest BCUT2D eigenvalue weighted by molar-refractivity contribution is 0.600. The standard InChI is InChI=1S/C7H6N2O2/c1-4-8-6(10)5-2-3-11-7(5)9-4/h2-3H,1H3,(H,8,9,10). The summed E-state index contributed by atoms with van der Waals surface area (Å²) < 4.78 is 4.95. The average Bonchev–Trinajstić information content (AvgIpc) is 2.34. The molecule has 0 atom stereocenters. The molecule has 11 heavy (non-hydrogen) atoms. The summed E-state index contributed by atoms with van der Waals surface area (Å²) >= 11 is 0. The van der Waals surface area contributed by atoms with Crippen LogP contribution in [0.3, 0.4) is 0 Å². The molecule has 4 nitrogen and oxygen atoms in total. The van der Waals surface area contributed by atoms with Gasteiger partial charge in [-0.3, -0.25) is 4.79 Å². The normalized spacial score (nSPS) is 10.6. The Balaban J connectivity index is 3.02. The lowest BCUT2D eigenvalue weighted by Gasteiger charge is -1.89. The number of aromatic amines is 1. The largest absolute Gasteiger partial charge is 0.446 e. The number of hydrogen-bond acceptors (Lipinski definition) is 3. The summed E-state index contributed by atoms with van der Waals surface area (Å²) in [4.78, 5) is 17.7. The maximum absolute atomic E-state index is 11.1. The molecule has 4 heteroatoms. The summed E-state index contributed by atoms with van der Waals surface area (Å²) in [5.41, 5.74) is 0.243. The molecule has 0 radical (unpaired) electrons. The molecular formula is C7H6N2O2. The van der Waals surface area contributed by atoms with Gasteiger partial charge < -0.3 is 9.40 Å². The van der Waals surface area contributed by atoms with E-state index in [-0.39, 0.29) is 5.56 Å². The molecule has 0 saturated heterocycles. The van der Waals surface area contributed by atoms with Crippen molar-refractivity contribution in [3.05, 3.63) is 28.5 Å². The Morgan fingerprint density at radius 3 is 3.27 bits per heavy atom. The maximum Gasteiger partial charge on any atom is 0.262 e. The maximum atomic E-state index is 11.1. The fourth-order valence-electron chi connectivity index (χ4n) is 0.973. The first-order chi connectivity index (χ1) is 5.27. The van der Waals surface area contributed by atoms with Gasteiger partial charge in [0.2, 0.25) is 5.71 Å². The number of furan rings is 1. The molecule has 2 aromatic rings. The Labute approximate surface area is 61.9 Å². The number of aryl methyl sites for hydroxylation is 1. The Morgan fingerprint density at radius 2 is 2.45 bits per heavy atom. The topological polar surface area (TPSA) is 58.9 Å². The van der Waals surface area contributed by atoms with Gasteiger partial charge in [-0.1, -0.05) is 0 Å². The minimum atomic E-state index is -0.152. The van der Waals surface area contributed by atoms with Crippen molar-refractivity contribution in [3.8, 4) is 0 Å². The molecule has 0 aliphatic heterocycles. The highest BCUT2D eigenvalue weighted by molar-refractivity contribution is 5.71. The molecule has 56 valence electrons. The van der Waals surface area contributed by atoms with Gasteiger partial charge in [-0.05, 0) is 13.0 Å². The second kappa shape index (κ2) is 1.95. The SMILES string of the molecule is Cc1nc2occc2c(=O)[nH]1. The summed E-state index contributed by atoms with van der Waals surface area (Å²) in [5, 5.41) is 0.496. The van der Waals surface area contributed by atoms with Crippen LogP contribution in [0.25, 0.3) is 11.1 Å². The van der Waals surface area contributed by atoms with Gasteiger partial charge in [0, 0.05) is 0 Å². The molecule has 0 amide bonds. The van der Waals surface area contributed by atoms with Gasteiger partial charge in [-0.2, -0.15) is 4.98 Å². The third kappa shape index (κ3) is 0.832. The molecule has 1 N–H and O–H groups in total. The number of aromatic nitrogens is 2. The molecule has 0 unspecified atom stereocenters. The van der Waals surface area contributed by atoms with Gasteiger partial charge in [0.15, 0.2) is 0 Å². The van der Waals surface area contributed by atoms with Gasteiger partial charge in [0.05, 0.1) is 6.26 Å². The zero-order valence-electron chi connectivity index (χ0n) is 5.92. The Hall–Kier alpha value is -1.58. The van der Waals surface area contributed by atoms with Crippen LogP contribution in [-0.2, 0) is 0 Å². The minimum Gasteiger partial charge on any atom is -0.446 e. The monoisotopic (exact) mass is 150 g/mol. The highest BCUT2D eigenvalue weighted by Gasteiger charge is 2.01. The van der Waals surface area contributed by atoms with E-state index in [4.69, 9.17) is 4.42 Å². The molecule has 0 fully saturated rings. The fourth-order valence-corrected chi connectivity index (χ4v) is 0.973. The van der Waals surface area contributed by atoms with E-state index in [0.29, 0.717) is 16.9 Å². The minimum absolute atomic E-state index is 0.152. The van der Waals surface area contributed by atoms with Crippen LogP contribution in [0.5, 0.6) is 0 Å². The van der Waals surface area contributed by atoms with Crippen LogP contribution in [0.15, 0.2) is 21.5 Å². The first-order valence-corrected chi connectivity index (χ1v) is 3.21. The predicted octanol–water partition coefficient (Wildman–Crippen LogP) is 0.825. The van der Waals surface area contributed by atoms with Crippen molar-refractivity contribution >= 4 is 11.1 Å². The van der Waals surface area contributed by atoms with E-state index in [9.17, 15) is 4.79 Å². The van der Waals surface area contributed by atoms with Crippen LogP contribution in [0.4, 0.5) is 0 Å². The second-order valence-electron chi connectivity index (χ2n) is 2.29. The Bertz CT molecular complexity index is 441. The first-order valence-electron chi connectivity index (χ1n) is 3.21. The van der Waals surface area contributed by atoms with E-state index in [1.165, 1.54) is 6.26 Å². The van der Waals surface area contributed by atoms with Crippen molar-refractivity contribution in [2.45, 2.75) is 6.92 Å².